The SMILES string of the molecule is CCC1C=CC(NCC2CC(=O)N/C(=N\C(=N)c3ccccc3C)N2)=CC1. The topological polar surface area (TPSA) is 89.4 Å². The highest BCUT2D eigenvalue weighted by Gasteiger charge is 2.23. The van der Waals surface area contributed by atoms with Crippen LogP contribution in [0.3, 0.4) is 0 Å². The van der Waals surface area contributed by atoms with E-state index in [1.807, 2.05) is 31.2 Å². The van der Waals surface area contributed by atoms with Crippen LogP contribution in [0.2, 0.25) is 0 Å². The lowest BCUT2D eigenvalue weighted by Crippen LogP contribution is -2.56. The van der Waals surface area contributed by atoms with Gasteiger partial charge in [-0.3, -0.25) is 15.5 Å². The van der Waals surface area contributed by atoms with E-state index in [1.54, 1.807) is 0 Å². The van der Waals surface area contributed by atoms with Crippen molar-refractivity contribution < 1.29 is 4.79 Å². The van der Waals surface area contributed by atoms with Crippen molar-refractivity contribution in [3.8, 4) is 0 Å². The molecule has 6 nitrogen and oxygen atoms in total. The number of carbonyl (C=O) groups is 1. The molecule has 142 valence electrons. The lowest BCUT2D eigenvalue weighted by atomic mass is 9.97. The Balaban J connectivity index is 1.60. The van der Waals surface area contributed by atoms with Crippen molar-refractivity contribution in [3.63, 3.8) is 0 Å². The fraction of sp³-hybridized carbons (Fsp3) is 0.381. The first-order valence-electron chi connectivity index (χ1n) is 9.47. The van der Waals surface area contributed by atoms with E-state index in [4.69, 9.17) is 5.41 Å². The Morgan fingerprint density at radius 2 is 2.19 bits per heavy atom. The maximum absolute atomic E-state index is 12.0. The Morgan fingerprint density at radius 1 is 1.37 bits per heavy atom. The second kappa shape index (κ2) is 8.66. The number of nitrogens with one attached hydrogen (secondary N) is 4. The maximum atomic E-state index is 12.0. The van der Waals surface area contributed by atoms with E-state index < -0.39 is 0 Å². The molecule has 2 aliphatic rings. The Hall–Kier alpha value is -2.89. The number of allylic oxidation sites excluding steroid dienone is 3. The largest absolute Gasteiger partial charge is 0.383 e. The Labute approximate surface area is 160 Å². The van der Waals surface area contributed by atoms with Crippen LogP contribution in [0.1, 0.15) is 37.3 Å². The van der Waals surface area contributed by atoms with Crippen molar-refractivity contribution in [2.75, 3.05) is 6.54 Å². The Morgan fingerprint density at radius 3 is 2.89 bits per heavy atom. The van der Waals surface area contributed by atoms with Gasteiger partial charge in [-0.1, -0.05) is 43.3 Å². The third-order valence-corrected chi connectivity index (χ3v) is 4.92. The van der Waals surface area contributed by atoms with E-state index in [0.29, 0.717) is 24.8 Å². The lowest BCUT2D eigenvalue weighted by molar-refractivity contribution is -0.120. The monoisotopic (exact) mass is 365 g/mol. The number of rotatable bonds is 5. The zero-order chi connectivity index (χ0) is 19.2. The summed E-state index contributed by atoms with van der Waals surface area (Å²) in [4.78, 5) is 16.3. The number of aliphatic imine (C=N–C) groups is 1. The quantitative estimate of drug-likeness (QED) is 0.478. The number of hydrogen-bond acceptors (Lipinski definition) is 3. The molecule has 0 radical (unpaired) electrons. The van der Waals surface area contributed by atoms with E-state index in [-0.39, 0.29) is 17.8 Å². The van der Waals surface area contributed by atoms with Crippen molar-refractivity contribution >= 4 is 17.7 Å². The first-order valence-corrected chi connectivity index (χ1v) is 9.47. The third kappa shape index (κ3) is 5.06. The molecule has 2 unspecified atom stereocenters. The van der Waals surface area contributed by atoms with Gasteiger partial charge in [0.1, 0.15) is 0 Å². The molecule has 0 spiro atoms. The smallest absolute Gasteiger partial charge is 0.228 e. The number of amides is 1. The number of amidine groups is 1. The molecule has 1 amide bonds. The highest BCUT2D eigenvalue weighted by atomic mass is 16.2. The van der Waals surface area contributed by atoms with Gasteiger partial charge in [-0.15, -0.1) is 0 Å². The molecular weight excluding hydrogens is 338 g/mol. The summed E-state index contributed by atoms with van der Waals surface area (Å²) in [6.07, 6.45) is 9.13. The number of aryl methyl sites for hydroxylation is 1. The van der Waals surface area contributed by atoms with Gasteiger partial charge in [0.15, 0.2) is 5.84 Å². The highest BCUT2D eigenvalue weighted by molar-refractivity contribution is 6.09. The third-order valence-electron chi connectivity index (χ3n) is 4.92. The zero-order valence-electron chi connectivity index (χ0n) is 15.9. The van der Waals surface area contributed by atoms with E-state index in [1.165, 1.54) is 0 Å². The predicted molar refractivity (Wildman–Crippen MR) is 109 cm³/mol. The van der Waals surface area contributed by atoms with Crippen LogP contribution < -0.4 is 16.0 Å². The summed E-state index contributed by atoms with van der Waals surface area (Å²) >= 11 is 0. The molecule has 2 atom stereocenters. The van der Waals surface area contributed by atoms with Crippen molar-refractivity contribution in [1.29, 1.82) is 5.41 Å². The van der Waals surface area contributed by atoms with Gasteiger partial charge >= 0.3 is 0 Å². The first-order chi connectivity index (χ1) is 13.0. The van der Waals surface area contributed by atoms with E-state index in [2.05, 4.69) is 46.1 Å². The minimum absolute atomic E-state index is 0.0691. The molecule has 3 rings (SSSR count). The number of guanidine groups is 1. The van der Waals surface area contributed by atoms with Gasteiger partial charge in [0, 0.05) is 24.2 Å². The second-order valence-electron chi connectivity index (χ2n) is 7.02. The van der Waals surface area contributed by atoms with Crippen LogP contribution in [0, 0.1) is 18.3 Å². The molecule has 1 saturated heterocycles. The summed E-state index contributed by atoms with van der Waals surface area (Å²) in [7, 11) is 0. The molecule has 1 heterocycles. The molecule has 0 saturated carbocycles. The molecular formula is C21H27N5O. The molecule has 1 aliphatic heterocycles. The van der Waals surface area contributed by atoms with Crippen molar-refractivity contribution in [2.24, 2.45) is 10.9 Å². The van der Waals surface area contributed by atoms with Crippen LogP contribution in [-0.2, 0) is 4.79 Å². The van der Waals surface area contributed by atoms with Crippen LogP contribution in [0.4, 0.5) is 0 Å². The van der Waals surface area contributed by atoms with Crippen molar-refractivity contribution in [1.82, 2.24) is 16.0 Å². The Kier molecular flexibility index (Phi) is 6.06. The van der Waals surface area contributed by atoms with E-state index >= 15 is 0 Å². The minimum Gasteiger partial charge on any atom is -0.383 e. The van der Waals surface area contributed by atoms with Gasteiger partial charge < -0.3 is 10.6 Å². The standard InChI is InChI=1S/C21H27N5O/c1-3-15-8-10-16(11-9-15)23-13-17-12-19(27)25-21(24-17)26-20(22)18-7-5-4-6-14(18)2/h4-8,10-11,15,17,23H,3,9,12-13H2,1-2H3,(H3,22,24,25,26,27). The normalized spacial score (nSPS) is 23.4. The van der Waals surface area contributed by atoms with Gasteiger partial charge in [-0.2, -0.15) is 4.99 Å². The van der Waals surface area contributed by atoms with Gasteiger partial charge in [0.25, 0.3) is 0 Å². The maximum Gasteiger partial charge on any atom is 0.228 e. The lowest BCUT2D eigenvalue weighted by Gasteiger charge is -2.27. The van der Waals surface area contributed by atoms with Gasteiger partial charge in [-0.25, -0.2) is 0 Å². The van der Waals surface area contributed by atoms with E-state index in [9.17, 15) is 4.79 Å². The van der Waals surface area contributed by atoms with Crippen LogP contribution in [0.5, 0.6) is 0 Å². The fourth-order valence-corrected chi connectivity index (χ4v) is 3.22. The summed E-state index contributed by atoms with van der Waals surface area (Å²) in [5, 5.41) is 17.6. The molecule has 27 heavy (non-hydrogen) atoms. The van der Waals surface area contributed by atoms with Crippen LogP contribution >= 0.6 is 0 Å². The second-order valence-corrected chi connectivity index (χ2v) is 7.02. The van der Waals surface area contributed by atoms with Gasteiger partial charge in [0.2, 0.25) is 11.9 Å². The molecule has 1 aliphatic carbocycles. The Bertz CT molecular complexity index is 809. The summed E-state index contributed by atoms with van der Waals surface area (Å²) in [6.45, 7) is 4.76. The molecule has 0 aromatic heterocycles. The summed E-state index contributed by atoms with van der Waals surface area (Å²) in [5.41, 5.74) is 2.83. The summed E-state index contributed by atoms with van der Waals surface area (Å²) < 4.78 is 0. The molecule has 6 heteroatoms. The minimum atomic E-state index is -0.0869. The summed E-state index contributed by atoms with van der Waals surface area (Å²) in [5.74, 6) is 1.01. The van der Waals surface area contributed by atoms with Gasteiger partial charge in [0.05, 0.1) is 6.04 Å². The average molecular weight is 365 g/mol. The molecule has 0 bridgehead atoms. The van der Waals surface area contributed by atoms with E-state index in [0.717, 1.165) is 29.7 Å². The molecule has 1 aromatic rings. The number of benzene rings is 1. The van der Waals surface area contributed by atoms with Crippen LogP contribution in [0.15, 0.2) is 53.2 Å². The fourth-order valence-electron chi connectivity index (χ4n) is 3.22. The predicted octanol–water partition coefficient (Wildman–Crippen LogP) is 2.61. The first kappa shape index (κ1) is 18.9. The summed E-state index contributed by atoms with van der Waals surface area (Å²) in [6, 6.07) is 7.54. The number of nitrogens with zero attached hydrogens (tertiary/aromatic N) is 1. The average Bonchev–Trinajstić information content (AvgIpc) is 2.66. The van der Waals surface area contributed by atoms with Crippen LogP contribution in [-0.4, -0.2) is 30.3 Å². The van der Waals surface area contributed by atoms with Crippen molar-refractivity contribution in [2.45, 2.75) is 39.2 Å². The molecule has 1 aromatic carbocycles. The molecule has 4 N–H and O–H groups in total. The molecule has 1 fully saturated rings. The van der Waals surface area contributed by atoms with Crippen LogP contribution in [0.25, 0.3) is 0 Å². The van der Waals surface area contributed by atoms with Gasteiger partial charge in [-0.05, 0) is 37.3 Å². The number of hydrogen-bond donors (Lipinski definition) is 4. The van der Waals surface area contributed by atoms with Crippen molar-refractivity contribution in [3.05, 3.63) is 59.3 Å². The zero-order valence-corrected chi connectivity index (χ0v) is 15.9. The number of carbonyl (C=O) groups excluding carboxylic acids is 1. The highest BCUT2D eigenvalue weighted by Crippen LogP contribution is 2.17.